The second kappa shape index (κ2) is 6.77. The van der Waals surface area contributed by atoms with Crippen LogP contribution >= 0.6 is 15.9 Å². The van der Waals surface area contributed by atoms with E-state index in [1.165, 1.54) is 29.7 Å². The minimum atomic E-state index is 0.701. The molecule has 1 unspecified atom stereocenters. The van der Waals surface area contributed by atoms with E-state index in [9.17, 15) is 0 Å². The zero-order chi connectivity index (χ0) is 14.8. The highest BCUT2D eigenvalue weighted by Crippen LogP contribution is 2.25. The first-order valence-corrected chi connectivity index (χ1v) is 8.72. The van der Waals surface area contributed by atoms with E-state index in [1.807, 2.05) is 4.68 Å². The first-order chi connectivity index (χ1) is 10.2. The van der Waals surface area contributed by atoms with Gasteiger partial charge in [0.2, 0.25) is 0 Å². The van der Waals surface area contributed by atoms with E-state index < -0.39 is 0 Å². The maximum Gasteiger partial charge on any atom is 0.0767 e. The monoisotopic (exact) mass is 356 g/mol. The Kier molecular flexibility index (Phi) is 4.99. The van der Waals surface area contributed by atoms with Gasteiger partial charge in [-0.05, 0) is 28.8 Å². The molecule has 0 spiro atoms. The summed E-state index contributed by atoms with van der Waals surface area (Å²) in [4.78, 5) is 5.15. The Bertz CT molecular complexity index is 484. The van der Waals surface area contributed by atoms with Gasteiger partial charge in [-0.2, -0.15) is 5.10 Å². The van der Waals surface area contributed by atoms with Crippen molar-refractivity contribution in [1.29, 1.82) is 0 Å². The lowest BCUT2D eigenvalue weighted by Gasteiger charge is -2.32. The second-order valence-corrected chi connectivity index (χ2v) is 6.80. The molecule has 2 aliphatic rings. The van der Waals surface area contributed by atoms with Crippen molar-refractivity contribution in [3.63, 3.8) is 0 Å². The van der Waals surface area contributed by atoms with Crippen LogP contribution in [-0.2, 0) is 24.8 Å². The molecule has 1 aromatic heterocycles. The number of ether oxygens (including phenoxy) is 1. The molecule has 3 heterocycles. The van der Waals surface area contributed by atoms with E-state index >= 15 is 0 Å². The highest BCUT2D eigenvalue weighted by Gasteiger charge is 2.29. The van der Waals surface area contributed by atoms with Crippen molar-refractivity contribution in [2.75, 3.05) is 39.4 Å². The molecule has 0 aromatic carbocycles. The van der Waals surface area contributed by atoms with Gasteiger partial charge < -0.3 is 4.74 Å². The van der Waals surface area contributed by atoms with Gasteiger partial charge in [0.05, 0.1) is 29.1 Å². The first-order valence-electron chi connectivity index (χ1n) is 7.93. The van der Waals surface area contributed by atoms with Crippen LogP contribution in [0.15, 0.2) is 4.47 Å². The number of nitrogens with zero attached hydrogens (tertiary/aromatic N) is 4. The Balaban J connectivity index is 1.60. The normalized spacial score (nSPS) is 24.8. The third kappa shape index (κ3) is 3.33. The number of likely N-dealkylation sites (tertiary alicyclic amines) is 1. The largest absolute Gasteiger partial charge is 0.379 e. The van der Waals surface area contributed by atoms with E-state index in [-0.39, 0.29) is 0 Å². The van der Waals surface area contributed by atoms with Crippen LogP contribution in [-0.4, -0.2) is 65.0 Å². The summed E-state index contributed by atoms with van der Waals surface area (Å²) in [5, 5.41) is 4.60. The molecule has 21 heavy (non-hydrogen) atoms. The molecule has 0 N–H and O–H groups in total. The number of hydrogen-bond acceptors (Lipinski definition) is 4. The Labute approximate surface area is 135 Å². The summed E-state index contributed by atoms with van der Waals surface area (Å²) in [5.74, 6) is 0. The van der Waals surface area contributed by atoms with Gasteiger partial charge in [-0.1, -0.05) is 6.92 Å². The average molecular weight is 357 g/mol. The fourth-order valence-corrected chi connectivity index (χ4v) is 4.14. The lowest BCUT2D eigenvalue weighted by atomic mass is 10.2. The molecule has 2 fully saturated rings. The van der Waals surface area contributed by atoms with Crippen LogP contribution in [0.2, 0.25) is 0 Å². The third-order valence-corrected chi connectivity index (χ3v) is 5.60. The summed E-state index contributed by atoms with van der Waals surface area (Å²) in [6.07, 6.45) is 2.25. The number of aromatic nitrogens is 2. The van der Waals surface area contributed by atoms with Crippen LogP contribution in [0.5, 0.6) is 0 Å². The van der Waals surface area contributed by atoms with Gasteiger partial charge in [0.15, 0.2) is 0 Å². The standard InChI is InChI=1S/C15H25BrN4O/c1-3-13-15(16)14(18(2)17-13)11-19-5-4-12(10-19)20-6-8-21-9-7-20/h12H,3-11H2,1-2H3. The predicted molar refractivity (Wildman–Crippen MR) is 86.4 cm³/mol. The van der Waals surface area contributed by atoms with E-state index in [2.05, 4.69) is 44.8 Å². The van der Waals surface area contributed by atoms with Crippen LogP contribution < -0.4 is 0 Å². The quantitative estimate of drug-likeness (QED) is 0.821. The Morgan fingerprint density at radius 3 is 2.71 bits per heavy atom. The molecule has 0 bridgehead atoms. The van der Waals surface area contributed by atoms with E-state index in [0.29, 0.717) is 6.04 Å². The van der Waals surface area contributed by atoms with Crippen molar-refractivity contribution in [3.8, 4) is 0 Å². The van der Waals surface area contributed by atoms with Crippen LogP contribution in [0.3, 0.4) is 0 Å². The smallest absolute Gasteiger partial charge is 0.0767 e. The predicted octanol–water partition coefficient (Wildman–Crippen LogP) is 1.65. The van der Waals surface area contributed by atoms with Crippen molar-refractivity contribution in [2.24, 2.45) is 7.05 Å². The highest BCUT2D eigenvalue weighted by atomic mass is 79.9. The van der Waals surface area contributed by atoms with Crippen molar-refractivity contribution in [1.82, 2.24) is 19.6 Å². The van der Waals surface area contributed by atoms with Gasteiger partial charge in [0.25, 0.3) is 0 Å². The number of hydrogen-bond donors (Lipinski definition) is 0. The Hall–Kier alpha value is -0.430. The number of aryl methyl sites for hydroxylation is 2. The fourth-order valence-electron chi connectivity index (χ4n) is 3.40. The Morgan fingerprint density at radius 1 is 1.29 bits per heavy atom. The van der Waals surface area contributed by atoms with Gasteiger partial charge in [0, 0.05) is 45.8 Å². The number of rotatable bonds is 4. The van der Waals surface area contributed by atoms with Gasteiger partial charge in [0.1, 0.15) is 0 Å². The minimum Gasteiger partial charge on any atom is -0.379 e. The molecule has 1 atom stereocenters. The van der Waals surface area contributed by atoms with E-state index in [4.69, 9.17) is 4.74 Å². The molecule has 6 heteroatoms. The van der Waals surface area contributed by atoms with Gasteiger partial charge >= 0.3 is 0 Å². The van der Waals surface area contributed by atoms with Crippen LogP contribution in [0.1, 0.15) is 24.7 Å². The molecule has 0 aliphatic carbocycles. The Morgan fingerprint density at radius 2 is 2.05 bits per heavy atom. The molecular weight excluding hydrogens is 332 g/mol. The second-order valence-electron chi connectivity index (χ2n) is 6.01. The molecule has 0 amide bonds. The first kappa shape index (κ1) is 15.5. The number of morpholine rings is 1. The summed E-state index contributed by atoms with van der Waals surface area (Å²) in [6, 6.07) is 0.701. The summed E-state index contributed by atoms with van der Waals surface area (Å²) in [7, 11) is 2.05. The van der Waals surface area contributed by atoms with Crippen molar-refractivity contribution >= 4 is 15.9 Å². The molecule has 1 aromatic rings. The topological polar surface area (TPSA) is 33.5 Å². The fraction of sp³-hybridized carbons (Fsp3) is 0.800. The van der Waals surface area contributed by atoms with Gasteiger partial charge in [-0.25, -0.2) is 0 Å². The minimum absolute atomic E-state index is 0.701. The van der Waals surface area contributed by atoms with Gasteiger partial charge in [-0.3, -0.25) is 14.5 Å². The summed E-state index contributed by atoms with van der Waals surface area (Å²) in [5.41, 5.74) is 2.46. The third-order valence-electron chi connectivity index (χ3n) is 4.69. The van der Waals surface area contributed by atoms with Crippen molar-refractivity contribution in [2.45, 2.75) is 32.4 Å². The molecule has 5 nitrogen and oxygen atoms in total. The average Bonchev–Trinajstić information content (AvgIpc) is 3.08. The molecule has 3 rings (SSSR count). The number of halogens is 1. The molecular formula is C15H25BrN4O. The lowest BCUT2D eigenvalue weighted by Crippen LogP contribution is -2.44. The highest BCUT2D eigenvalue weighted by molar-refractivity contribution is 9.10. The summed E-state index contributed by atoms with van der Waals surface area (Å²) < 4.78 is 8.68. The SMILES string of the molecule is CCc1nn(C)c(CN2CCC(N3CCOCC3)C2)c1Br. The molecule has 0 saturated carbocycles. The zero-order valence-electron chi connectivity index (χ0n) is 13.0. The molecule has 0 radical (unpaired) electrons. The lowest BCUT2D eigenvalue weighted by molar-refractivity contribution is 0.0183. The molecule has 2 saturated heterocycles. The van der Waals surface area contributed by atoms with Crippen LogP contribution in [0.4, 0.5) is 0 Å². The van der Waals surface area contributed by atoms with Crippen molar-refractivity contribution < 1.29 is 4.74 Å². The van der Waals surface area contributed by atoms with Gasteiger partial charge in [-0.15, -0.1) is 0 Å². The maximum atomic E-state index is 5.46. The maximum absolute atomic E-state index is 5.46. The molecule has 2 aliphatic heterocycles. The summed E-state index contributed by atoms with van der Waals surface area (Å²) >= 11 is 3.72. The zero-order valence-corrected chi connectivity index (χ0v) is 14.6. The summed E-state index contributed by atoms with van der Waals surface area (Å²) in [6.45, 7) is 9.46. The van der Waals surface area contributed by atoms with Crippen LogP contribution in [0, 0.1) is 0 Å². The van der Waals surface area contributed by atoms with Crippen LogP contribution in [0.25, 0.3) is 0 Å². The van der Waals surface area contributed by atoms with E-state index in [1.54, 1.807) is 0 Å². The molecule has 118 valence electrons. The van der Waals surface area contributed by atoms with E-state index in [0.717, 1.165) is 45.0 Å². The van der Waals surface area contributed by atoms with Crippen molar-refractivity contribution in [3.05, 3.63) is 15.9 Å².